The number of hydrogen-bond donors (Lipinski definition) is 1. The van der Waals surface area contributed by atoms with Gasteiger partial charge in [0.25, 0.3) is 5.91 Å². The summed E-state index contributed by atoms with van der Waals surface area (Å²) in [5.41, 5.74) is 6.56. The van der Waals surface area contributed by atoms with Crippen LogP contribution in [0.15, 0.2) is 23.6 Å². The van der Waals surface area contributed by atoms with Crippen LogP contribution >= 0.6 is 11.3 Å². The summed E-state index contributed by atoms with van der Waals surface area (Å²) in [6.07, 6.45) is 8.67. The number of fused-ring (bicyclic) bond motifs is 4. The van der Waals surface area contributed by atoms with Crippen LogP contribution in [0, 0.1) is 11.8 Å². The Bertz CT molecular complexity index is 1590. The van der Waals surface area contributed by atoms with Crippen molar-refractivity contribution >= 4 is 38.5 Å². The Morgan fingerprint density at radius 1 is 1.15 bits per heavy atom. The zero-order valence-corrected chi connectivity index (χ0v) is 23.7. The largest absolute Gasteiger partial charge is 0.494 e. The number of nitrogens with zero attached hydrogens (tertiary/aromatic N) is 4. The number of carbonyl (C=O) groups excluding carboxylic acids is 1. The summed E-state index contributed by atoms with van der Waals surface area (Å²) in [6, 6.07) is 6.67. The summed E-state index contributed by atoms with van der Waals surface area (Å²) >= 11 is 1.87. The summed E-state index contributed by atoms with van der Waals surface area (Å²) in [5, 5.41) is 6.01. The number of hydrogen-bond acceptors (Lipinski definition) is 5. The summed E-state index contributed by atoms with van der Waals surface area (Å²) in [6.45, 7) is 4.13. The summed E-state index contributed by atoms with van der Waals surface area (Å²) in [7, 11) is 3.78. The number of carbonyl (C=O) groups is 1. The molecule has 204 valence electrons. The van der Waals surface area contributed by atoms with Crippen LogP contribution in [0.2, 0.25) is 0 Å². The fraction of sp³-hybridized carbons (Fsp3) is 0.548. The van der Waals surface area contributed by atoms with Crippen molar-refractivity contribution in [2.45, 2.75) is 63.5 Å². The Morgan fingerprint density at radius 2 is 2.05 bits per heavy atom. The van der Waals surface area contributed by atoms with Crippen molar-refractivity contribution in [1.82, 2.24) is 24.3 Å². The zero-order chi connectivity index (χ0) is 26.2. The van der Waals surface area contributed by atoms with Gasteiger partial charge in [0, 0.05) is 38.3 Å². The molecule has 1 N–H and O–H groups in total. The highest BCUT2D eigenvalue weighted by Crippen LogP contribution is 2.43. The molecule has 0 radical (unpaired) electrons. The van der Waals surface area contributed by atoms with E-state index in [2.05, 4.69) is 37.8 Å². The maximum absolute atomic E-state index is 13.6. The molecule has 1 aromatic carbocycles. The third kappa shape index (κ3) is 3.85. The van der Waals surface area contributed by atoms with Gasteiger partial charge in [-0.1, -0.05) is 0 Å². The Morgan fingerprint density at radius 3 is 2.77 bits per heavy atom. The van der Waals surface area contributed by atoms with Crippen molar-refractivity contribution in [3.05, 3.63) is 34.7 Å². The number of amides is 1. The Kier molecular flexibility index (Phi) is 5.60. The van der Waals surface area contributed by atoms with Crippen LogP contribution in [0.5, 0.6) is 5.75 Å². The van der Waals surface area contributed by atoms with Crippen LogP contribution in [0.1, 0.15) is 66.8 Å². The molecule has 2 aliphatic carbocycles. The number of ether oxygens (including phenoxy) is 1. The molecule has 2 aliphatic heterocycles. The van der Waals surface area contributed by atoms with Crippen molar-refractivity contribution in [2.24, 2.45) is 18.9 Å². The maximum atomic E-state index is 13.6. The van der Waals surface area contributed by atoms with Gasteiger partial charge >= 0.3 is 0 Å². The Balaban J connectivity index is 1.24. The van der Waals surface area contributed by atoms with Gasteiger partial charge in [0.15, 0.2) is 5.82 Å². The van der Waals surface area contributed by atoms with E-state index in [9.17, 15) is 4.79 Å². The van der Waals surface area contributed by atoms with Crippen molar-refractivity contribution < 1.29 is 9.53 Å². The normalized spacial score (nSPS) is 24.9. The lowest BCUT2D eigenvalue weighted by atomic mass is 9.93. The monoisotopic (exact) mass is 543 g/mol. The van der Waals surface area contributed by atoms with Gasteiger partial charge in [0.2, 0.25) is 0 Å². The van der Waals surface area contributed by atoms with Gasteiger partial charge in [-0.15, -0.1) is 11.3 Å². The van der Waals surface area contributed by atoms with Crippen molar-refractivity contribution in [2.75, 3.05) is 26.7 Å². The highest BCUT2D eigenvalue weighted by molar-refractivity contribution is 7.17. The van der Waals surface area contributed by atoms with E-state index in [1.54, 1.807) is 7.11 Å². The third-order valence-corrected chi connectivity index (χ3v) is 10.8. The van der Waals surface area contributed by atoms with Gasteiger partial charge < -0.3 is 24.1 Å². The number of piperidine rings is 2. The molecule has 2 saturated carbocycles. The quantitative estimate of drug-likeness (QED) is 0.336. The topological polar surface area (TPSA) is 64.3 Å². The number of aryl methyl sites for hydroxylation is 1. The molecule has 8 heteroatoms. The predicted octanol–water partition coefficient (Wildman–Crippen LogP) is 5.77. The van der Waals surface area contributed by atoms with Crippen LogP contribution in [-0.2, 0) is 13.6 Å². The first-order chi connectivity index (χ1) is 19.1. The Labute approximate surface area is 233 Å². The second kappa shape index (κ2) is 9.10. The van der Waals surface area contributed by atoms with Crippen LogP contribution < -0.4 is 10.1 Å². The molecule has 2 bridgehead atoms. The maximum Gasteiger partial charge on any atom is 0.254 e. The number of methoxy groups -OCH3 is 1. The van der Waals surface area contributed by atoms with Gasteiger partial charge in [-0.25, -0.2) is 4.98 Å². The molecule has 1 amide bonds. The van der Waals surface area contributed by atoms with E-state index in [-0.39, 0.29) is 5.91 Å². The second-order valence-electron chi connectivity index (χ2n) is 12.4. The van der Waals surface area contributed by atoms with E-state index in [1.165, 1.54) is 53.6 Å². The molecule has 2 saturated heterocycles. The number of thiophene rings is 1. The molecule has 3 atom stereocenters. The Hall–Kier alpha value is -2.84. The lowest BCUT2D eigenvalue weighted by molar-refractivity contribution is 0.0703. The molecule has 4 fully saturated rings. The fourth-order valence-corrected chi connectivity index (χ4v) is 8.67. The SMILES string of the molecule is COc1cc(C(=O)N2C[C@H]3CC[C@@H]2C3)cc2nc(-c3cc4scc(C5CCCNC5)c4n3CC3CC3)n(C)c12. The van der Waals surface area contributed by atoms with Crippen molar-refractivity contribution in [1.29, 1.82) is 0 Å². The van der Waals surface area contributed by atoms with Gasteiger partial charge in [0.1, 0.15) is 11.3 Å². The molecule has 7 nitrogen and oxygen atoms in total. The lowest BCUT2D eigenvalue weighted by Crippen LogP contribution is -2.37. The van der Waals surface area contributed by atoms with Gasteiger partial charge in [0.05, 0.1) is 28.5 Å². The average molecular weight is 544 g/mol. The smallest absolute Gasteiger partial charge is 0.254 e. The van der Waals surface area contributed by atoms with Gasteiger partial charge in [-0.05, 0) is 98.4 Å². The molecule has 3 aromatic heterocycles. The van der Waals surface area contributed by atoms with Gasteiger partial charge in [-0.3, -0.25) is 4.79 Å². The van der Waals surface area contributed by atoms with Crippen molar-refractivity contribution in [3.63, 3.8) is 0 Å². The second-order valence-corrected chi connectivity index (χ2v) is 13.3. The van der Waals surface area contributed by atoms with Crippen LogP contribution in [-0.4, -0.2) is 57.7 Å². The van der Waals surface area contributed by atoms with Crippen molar-refractivity contribution in [3.8, 4) is 17.3 Å². The number of aromatic nitrogens is 3. The number of imidazole rings is 1. The predicted molar refractivity (Wildman–Crippen MR) is 156 cm³/mol. The zero-order valence-electron chi connectivity index (χ0n) is 22.9. The minimum absolute atomic E-state index is 0.123. The minimum atomic E-state index is 0.123. The highest BCUT2D eigenvalue weighted by atomic mass is 32.1. The molecule has 39 heavy (non-hydrogen) atoms. The lowest BCUT2D eigenvalue weighted by Gasteiger charge is -2.27. The van der Waals surface area contributed by atoms with E-state index < -0.39 is 0 Å². The van der Waals surface area contributed by atoms with E-state index in [0.29, 0.717) is 23.4 Å². The van der Waals surface area contributed by atoms with E-state index in [0.717, 1.165) is 67.5 Å². The van der Waals surface area contributed by atoms with Crippen LogP contribution in [0.25, 0.3) is 32.8 Å². The van der Waals surface area contributed by atoms with E-state index >= 15 is 0 Å². The first-order valence-electron chi connectivity index (χ1n) is 14.8. The van der Waals surface area contributed by atoms with Crippen LogP contribution in [0.3, 0.4) is 0 Å². The molecule has 1 unspecified atom stereocenters. The molecular formula is C31H37N5O2S. The first-order valence-corrected chi connectivity index (χ1v) is 15.6. The highest BCUT2D eigenvalue weighted by Gasteiger charge is 2.40. The molecule has 4 aromatic rings. The standard InChI is InChI=1S/C31H37N5O2S/c1-34-29-24(11-21(12-26(29)38-2)31(37)35-16-19-7-8-22(35)10-19)33-30(34)25-13-27-28(36(25)15-18-5-6-18)23(17-39-27)20-4-3-9-32-14-20/h11-13,17-20,22,32H,3-10,14-16H2,1-2H3/t19-,20?,22+/m0/s1. The summed E-state index contributed by atoms with van der Waals surface area (Å²) in [4.78, 5) is 20.9. The average Bonchev–Trinajstić information content (AvgIpc) is 3.36. The van der Waals surface area contributed by atoms with E-state index in [1.807, 2.05) is 23.5 Å². The molecular weight excluding hydrogens is 506 g/mol. The number of rotatable bonds is 6. The summed E-state index contributed by atoms with van der Waals surface area (Å²) in [5.74, 6) is 3.79. The number of nitrogens with one attached hydrogen (secondary N) is 1. The fourth-order valence-electron chi connectivity index (χ4n) is 7.59. The molecule has 0 spiro atoms. The third-order valence-electron chi connectivity index (χ3n) is 9.82. The molecule has 4 aliphatic rings. The van der Waals surface area contributed by atoms with Gasteiger partial charge in [-0.2, -0.15) is 0 Å². The molecule has 8 rings (SSSR count). The minimum Gasteiger partial charge on any atom is -0.494 e. The number of benzene rings is 1. The van der Waals surface area contributed by atoms with E-state index in [4.69, 9.17) is 9.72 Å². The first kappa shape index (κ1) is 24.0. The van der Waals surface area contributed by atoms with Crippen LogP contribution in [0.4, 0.5) is 0 Å². The summed E-state index contributed by atoms with van der Waals surface area (Å²) < 4.78 is 12.0. The number of likely N-dealkylation sites (tertiary alicyclic amines) is 1. The molecule has 5 heterocycles.